The van der Waals surface area contributed by atoms with E-state index in [0.717, 1.165) is 5.56 Å². The number of hydrogen-bond donors (Lipinski definition) is 0. The zero-order chi connectivity index (χ0) is 19.2. The number of hydrogen-bond acceptors (Lipinski definition) is 1. The van der Waals surface area contributed by atoms with Crippen LogP contribution in [0, 0.1) is 0 Å². The molecule has 1 nitrogen and oxygen atoms in total. The molecule has 30 heavy (non-hydrogen) atoms. The third-order valence-electron chi connectivity index (χ3n) is 5.07. The molecule has 0 unspecified atom stereocenters. The summed E-state index contributed by atoms with van der Waals surface area (Å²) < 4.78 is 0. The van der Waals surface area contributed by atoms with Gasteiger partial charge in [0.1, 0.15) is 29.3 Å². The molecule has 3 heteroatoms. The van der Waals surface area contributed by atoms with Gasteiger partial charge in [-0.15, -0.1) is 0 Å². The first-order chi connectivity index (χ1) is 13.8. The molecule has 4 aromatic rings. The van der Waals surface area contributed by atoms with Gasteiger partial charge < -0.3 is 17.0 Å². The second-order valence-electron chi connectivity index (χ2n) is 6.76. The Labute approximate surface area is 190 Å². The van der Waals surface area contributed by atoms with Gasteiger partial charge in [0.2, 0.25) is 5.78 Å². The van der Waals surface area contributed by atoms with Crippen LogP contribution in [0.15, 0.2) is 121 Å². The van der Waals surface area contributed by atoms with E-state index in [9.17, 15) is 4.79 Å². The lowest BCUT2D eigenvalue weighted by molar-refractivity contribution is -0.0000136. The SMILES string of the molecule is C.O=C(C[P+](c1ccccc1)(c1ccccc1)c1ccccc1)c1ccccc1.[Br-]. The molecule has 4 rings (SSSR count). The van der Waals surface area contributed by atoms with Crippen molar-refractivity contribution in [1.29, 1.82) is 0 Å². The maximum absolute atomic E-state index is 13.4. The maximum Gasteiger partial charge on any atom is 0.201 e. The first-order valence-electron chi connectivity index (χ1n) is 9.44. The van der Waals surface area contributed by atoms with Gasteiger partial charge in [-0.1, -0.05) is 92.4 Å². The van der Waals surface area contributed by atoms with Gasteiger partial charge in [0, 0.05) is 5.56 Å². The maximum atomic E-state index is 13.4. The lowest BCUT2D eigenvalue weighted by Crippen LogP contribution is -3.00. The minimum atomic E-state index is -2.12. The minimum Gasteiger partial charge on any atom is -1.00 e. The van der Waals surface area contributed by atoms with Gasteiger partial charge in [-0.2, -0.15) is 0 Å². The summed E-state index contributed by atoms with van der Waals surface area (Å²) in [6.45, 7) is 0. The molecule has 152 valence electrons. The van der Waals surface area contributed by atoms with Crippen LogP contribution in [-0.4, -0.2) is 11.9 Å². The Balaban J connectivity index is 0.00000160. The molecule has 0 aliphatic rings. The van der Waals surface area contributed by atoms with Gasteiger partial charge in [0.25, 0.3) is 0 Å². The summed E-state index contributed by atoms with van der Waals surface area (Å²) in [4.78, 5) is 13.4. The number of carbonyl (C=O) groups excluding carboxylic acids is 1. The summed E-state index contributed by atoms with van der Waals surface area (Å²) in [5.41, 5.74) is 0.773. The molecule has 0 N–H and O–H groups in total. The Bertz CT molecular complexity index is 939. The minimum absolute atomic E-state index is 0. The second-order valence-corrected chi connectivity index (χ2v) is 10.2. The fraction of sp³-hybridized carbons (Fsp3) is 0.0741. The van der Waals surface area contributed by atoms with Crippen LogP contribution in [0.2, 0.25) is 0 Å². The number of rotatable bonds is 6. The third kappa shape index (κ3) is 4.78. The van der Waals surface area contributed by atoms with Gasteiger partial charge in [0.05, 0.1) is 0 Å². The molecule has 0 saturated carbocycles. The van der Waals surface area contributed by atoms with Crippen LogP contribution in [0.5, 0.6) is 0 Å². The van der Waals surface area contributed by atoms with Crippen molar-refractivity contribution in [1.82, 2.24) is 0 Å². The van der Waals surface area contributed by atoms with Crippen molar-refractivity contribution in [2.24, 2.45) is 0 Å². The first kappa shape index (κ1) is 23.7. The highest BCUT2D eigenvalue weighted by Crippen LogP contribution is 2.55. The van der Waals surface area contributed by atoms with Gasteiger partial charge in [-0.25, -0.2) is 0 Å². The van der Waals surface area contributed by atoms with Crippen molar-refractivity contribution in [3.8, 4) is 0 Å². The van der Waals surface area contributed by atoms with Crippen LogP contribution in [0.3, 0.4) is 0 Å². The molecular weight excluding hydrogens is 451 g/mol. The summed E-state index contributed by atoms with van der Waals surface area (Å²) in [6.07, 6.45) is 0.481. The van der Waals surface area contributed by atoms with E-state index in [1.807, 2.05) is 48.5 Å². The normalized spacial score (nSPS) is 10.4. The van der Waals surface area contributed by atoms with Crippen LogP contribution < -0.4 is 32.9 Å². The summed E-state index contributed by atoms with van der Waals surface area (Å²) in [6, 6.07) is 41.2. The monoisotopic (exact) mass is 476 g/mol. The van der Waals surface area contributed by atoms with Crippen LogP contribution in [-0.2, 0) is 0 Å². The van der Waals surface area contributed by atoms with Crippen LogP contribution in [0.1, 0.15) is 17.8 Å². The number of benzene rings is 4. The van der Waals surface area contributed by atoms with Gasteiger partial charge >= 0.3 is 0 Å². The van der Waals surface area contributed by atoms with Gasteiger partial charge in [-0.05, 0) is 36.4 Å². The van der Waals surface area contributed by atoms with E-state index in [2.05, 4.69) is 72.8 Å². The molecule has 0 aliphatic heterocycles. The summed E-state index contributed by atoms with van der Waals surface area (Å²) in [7, 11) is -2.12. The molecule has 0 spiro atoms. The fourth-order valence-electron chi connectivity index (χ4n) is 3.70. The van der Waals surface area contributed by atoms with Crippen molar-refractivity contribution >= 4 is 29.0 Å². The van der Waals surface area contributed by atoms with E-state index in [1.54, 1.807) is 0 Å². The van der Waals surface area contributed by atoms with Crippen molar-refractivity contribution in [2.45, 2.75) is 7.43 Å². The van der Waals surface area contributed by atoms with Crippen molar-refractivity contribution in [2.75, 3.05) is 6.16 Å². The van der Waals surface area contributed by atoms with Crippen molar-refractivity contribution < 1.29 is 21.8 Å². The Hall–Kier alpha value is -2.54. The smallest absolute Gasteiger partial charge is 0.201 e. The van der Waals surface area contributed by atoms with E-state index < -0.39 is 7.26 Å². The lowest BCUT2D eigenvalue weighted by atomic mass is 10.2. The van der Waals surface area contributed by atoms with Crippen molar-refractivity contribution in [3.05, 3.63) is 127 Å². The number of Topliss-reactive ketones (excluding diaryl/α,β-unsaturated/α-hetero) is 1. The van der Waals surface area contributed by atoms with E-state index in [0.29, 0.717) is 6.16 Å². The molecule has 0 radical (unpaired) electrons. The topological polar surface area (TPSA) is 17.1 Å². The average molecular weight is 477 g/mol. The number of carbonyl (C=O) groups is 1. The summed E-state index contributed by atoms with van der Waals surface area (Å²) in [5, 5.41) is 3.70. The Kier molecular flexibility index (Phi) is 8.72. The molecule has 0 atom stereocenters. The highest BCUT2D eigenvalue weighted by molar-refractivity contribution is 7.96. The van der Waals surface area contributed by atoms with E-state index >= 15 is 0 Å². The Morgan fingerprint density at radius 2 is 0.833 bits per heavy atom. The molecule has 0 amide bonds. The molecule has 4 aromatic carbocycles. The van der Waals surface area contributed by atoms with Crippen LogP contribution >= 0.6 is 7.26 Å². The molecule has 0 fully saturated rings. The van der Waals surface area contributed by atoms with Crippen molar-refractivity contribution in [3.63, 3.8) is 0 Å². The van der Waals surface area contributed by atoms with E-state index in [4.69, 9.17) is 0 Å². The first-order valence-corrected chi connectivity index (χ1v) is 11.4. The quantitative estimate of drug-likeness (QED) is 0.308. The highest BCUT2D eigenvalue weighted by atomic mass is 79.9. The molecule has 0 bridgehead atoms. The van der Waals surface area contributed by atoms with Gasteiger partial charge in [-0.3, -0.25) is 4.79 Å². The molecule has 0 aromatic heterocycles. The predicted molar refractivity (Wildman–Crippen MR) is 128 cm³/mol. The Morgan fingerprint density at radius 3 is 1.17 bits per heavy atom. The summed E-state index contributed by atoms with van der Waals surface area (Å²) >= 11 is 0. The average Bonchev–Trinajstić information content (AvgIpc) is 2.80. The van der Waals surface area contributed by atoms with Gasteiger partial charge in [0.15, 0.2) is 0 Å². The van der Waals surface area contributed by atoms with E-state index in [-0.39, 0.29) is 30.2 Å². The third-order valence-corrected chi connectivity index (χ3v) is 9.37. The zero-order valence-corrected chi connectivity index (χ0v) is 18.5. The highest BCUT2D eigenvalue weighted by Gasteiger charge is 2.47. The number of ketones is 1. The molecule has 0 saturated heterocycles. The Morgan fingerprint density at radius 1 is 0.533 bits per heavy atom. The largest absolute Gasteiger partial charge is 1.00 e. The van der Waals surface area contributed by atoms with E-state index in [1.165, 1.54) is 15.9 Å². The van der Waals surface area contributed by atoms with Crippen LogP contribution in [0.25, 0.3) is 0 Å². The summed E-state index contributed by atoms with van der Waals surface area (Å²) in [5.74, 6) is 0.186. The molecule has 0 heterocycles. The standard InChI is InChI=1S/C26H22OP.CH4.BrH/c27-26(22-13-5-1-6-14-22)21-28(23-15-7-2-8-16-23,24-17-9-3-10-18-24)25-19-11-4-12-20-25;;/h1-20H,21H2;1H4;1H/q+1;;/p-1. The lowest BCUT2D eigenvalue weighted by Gasteiger charge is -2.27. The molecule has 0 aliphatic carbocycles. The fourth-order valence-corrected chi connectivity index (χ4v) is 7.80. The number of halogens is 1. The molecular formula is C27H26BrOP. The predicted octanol–water partition coefficient (Wildman–Crippen LogP) is 2.50. The second kappa shape index (κ2) is 11.0. The zero-order valence-electron chi connectivity index (χ0n) is 16.0. The van der Waals surface area contributed by atoms with Crippen LogP contribution in [0.4, 0.5) is 0 Å².